The van der Waals surface area contributed by atoms with E-state index in [0.717, 1.165) is 12.0 Å². The zero-order valence-electron chi connectivity index (χ0n) is 16.2. The number of rotatable bonds is 6. The highest BCUT2D eigenvalue weighted by molar-refractivity contribution is 7.93. The number of nitrogens with one attached hydrogen (secondary N) is 1. The van der Waals surface area contributed by atoms with Gasteiger partial charge in [0.25, 0.3) is 10.0 Å². The van der Waals surface area contributed by atoms with E-state index in [4.69, 9.17) is 10.5 Å². The monoisotopic (exact) mass is 444 g/mol. The first-order chi connectivity index (χ1) is 14.4. The molecule has 156 valence electrons. The molecule has 0 atom stereocenters. The van der Waals surface area contributed by atoms with Gasteiger partial charge < -0.3 is 15.4 Å². The fraction of sp³-hybridized carbons (Fsp3) is 0.200. The molecule has 3 aromatic rings. The van der Waals surface area contributed by atoms with Crippen LogP contribution in [0.4, 0.5) is 16.5 Å². The Balaban J connectivity index is 1.64. The summed E-state index contributed by atoms with van der Waals surface area (Å²) in [5, 5.41) is 1.97. The molecule has 0 unspecified atom stereocenters. The number of methoxy groups -OCH3 is 1. The Morgan fingerprint density at radius 2 is 2.07 bits per heavy atom. The van der Waals surface area contributed by atoms with Crippen molar-refractivity contribution in [1.29, 1.82) is 0 Å². The number of benzene rings is 2. The van der Waals surface area contributed by atoms with Crippen LogP contribution >= 0.6 is 11.3 Å². The molecule has 1 amide bonds. The van der Waals surface area contributed by atoms with E-state index in [1.165, 1.54) is 24.5 Å². The summed E-state index contributed by atoms with van der Waals surface area (Å²) in [4.78, 5) is 18.0. The first kappa shape index (κ1) is 20.2. The van der Waals surface area contributed by atoms with Crippen LogP contribution in [0.25, 0.3) is 11.3 Å². The number of nitrogens with two attached hydrogens (primary N) is 1. The Kier molecular flexibility index (Phi) is 5.35. The maximum atomic E-state index is 13.1. The van der Waals surface area contributed by atoms with E-state index in [9.17, 15) is 13.2 Å². The van der Waals surface area contributed by atoms with Crippen molar-refractivity contribution in [2.75, 3.05) is 29.0 Å². The van der Waals surface area contributed by atoms with E-state index in [-0.39, 0.29) is 21.7 Å². The molecule has 2 aromatic carbocycles. The minimum atomic E-state index is -3.99. The van der Waals surface area contributed by atoms with Gasteiger partial charge in [-0.3, -0.25) is 9.52 Å². The summed E-state index contributed by atoms with van der Waals surface area (Å²) in [7, 11) is -2.59. The minimum Gasteiger partial charge on any atom is -0.495 e. The number of aromatic nitrogens is 1. The van der Waals surface area contributed by atoms with E-state index in [2.05, 4.69) is 9.71 Å². The van der Waals surface area contributed by atoms with Gasteiger partial charge in [-0.05, 0) is 36.8 Å². The second kappa shape index (κ2) is 7.96. The fourth-order valence-electron chi connectivity index (χ4n) is 3.29. The first-order valence-electron chi connectivity index (χ1n) is 9.20. The zero-order valence-corrected chi connectivity index (χ0v) is 17.8. The van der Waals surface area contributed by atoms with Crippen molar-refractivity contribution in [3.63, 3.8) is 0 Å². The van der Waals surface area contributed by atoms with Gasteiger partial charge >= 0.3 is 0 Å². The molecule has 0 spiro atoms. The molecule has 0 radical (unpaired) electrons. The predicted octanol–water partition coefficient (Wildman–Crippen LogP) is 3.33. The van der Waals surface area contributed by atoms with Crippen LogP contribution in [0, 0.1) is 0 Å². The number of carbonyl (C=O) groups is 1. The average Bonchev–Trinajstić information content (AvgIpc) is 3.36. The lowest BCUT2D eigenvalue weighted by Gasteiger charge is -2.18. The molecule has 1 fully saturated rings. The second-order valence-corrected chi connectivity index (χ2v) is 9.26. The van der Waals surface area contributed by atoms with Crippen molar-refractivity contribution in [2.24, 2.45) is 0 Å². The third kappa shape index (κ3) is 3.96. The van der Waals surface area contributed by atoms with Crippen molar-refractivity contribution in [3.05, 3.63) is 47.8 Å². The molecular formula is C20H20N4O4S2. The molecule has 1 aliphatic heterocycles. The number of sulfonamides is 1. The van der Waals surface area contributed by atoms with Gasteiger partial charge in [0.1, 0.15) is 10.6 Å². The molecule has 8 nitrogen and oxygen atoms in total. The number of anilines is 3. The van der Waals surface area contributed by atoms with Gasteiger partial charge in [0, 0.05) is 35.3 Å². The molecule has 3 N–H and O–H groups in total. The molecule has 1 aromatic heterocycles. The Bertz CT molecular complexity index is 1210. The zero-order chi connectivity index (χ0) is 21.3. The lowest BCUT2D eigenvalue weighted by molar-refractivity contribution is -0.117. The van der Waals surface area contributed by atoms with Crippen molar-refractivity contribution in [2.45, 2.75) is 17.7 Å². The molecular weight excluding hydrogens is 424 g/mol. The number of ether oxygens (including phenoxy) is 1. The van der Waals surface area contributed by atoms with Crippen LogP contribution in [0.2, 0.25) is 0 Å². The van der Waals surface area contributed by atoms with Gasteiger partial charge in [-0.25, -0.2) is 13.4 Å². The number of carbonyl (C=O) groups excluding carboxylic acids is 1. The minimum absolute atomic E-state index is 0.0248. The van der Waals surface area contributed by atoms with Crippen LogP contribution in [0.15, 0.2) is 52.7 Å². The van der Waals surface area contributed by atoms with Crippen molar-refractivity contribution in [1.82, 2.24) is 4.98 Å². The highest BCUT2D eigenvalue weighted by Gasteiger charge is 2.26. The van der Waals surface area contributed by atoms with Crippen molar-refractivity contribution < 1.29 is 17.9 Å². The Morgan fingerprint density at radius 3 is 2.77 bits per heavy atom. The fourth-order valence-corrected chi connectivity index (χ4v) is 5.45. The molecule has 30 heavy (non-hydrogen) atoms. The SMILES string of the molecule is COc1ccc(N2CCCC2=O)cc1S(=O)(=O)Nc1nc(-c2cccc(N)c2)cs1. The lowest BCUT2D eigenvalue weighted by Crippen LogP contribution is -2.24. The third-order valence-corrected chi connectivity index (χ3v) is 6.98. The Morgan fingerprint density at radius 1 is 1.23 bits per heavy atom. The highest BCUT2D eigenvalue weighted by atomic mass is 32.2. The summed E-state index contributed by atoms with van der Waals surface area (Å²) in [6.45, 7) is 0.564. The van der Waals surface area contributed by atoms with Gasteiger partial charge in [0.15, 0.2) is 5.13 Å². The summed E-state index contributed by atoms with van der Waals surface area (Å²) < 4.78 is 33.9. The summed E-state index contributed by atoms with van der Waals surface area (Å²) in [5.74, 6) is 0.161. The molecule has 1 saturated heterocycles. The van der Waals surface area contributed by atoms with Crippen LogP contribution < -0.4 is 20.1 Å². The number of nitrogens with zero attached hydrogens (tertiary/aromatic N) is 2. The molecule has 0 aliphatic carbocycles. The predicted molar refractivity (Wildman–Crippen MR) is 117 cm³/mol. The number of amides is 1. The average molecular weight is 445 g/mol. The maximum absolute atomic E-state index is 13.1. The normalized spacial score (nSPS) is 14.2. The largest absolute Gasteiger partial charge is 0.495 e. The van der Waals surface area contributed by atoms with Crippen LogP contribution in [-0.4, -0.2) is 33.0 Å². The quantitative estimate of drug-likeness (QED) is 0.564. The van der Waals surface area contributed by atoms with Gasteiger partial charge in [-0.15, -0.1) is 11.3 Å². The van der Waals surface area contributed by atoms with E-state index in [1.807, 2.05) is 12.1 Å². The van der Waals surface area contributed by atoms with Gasteiger partial charge in [0.2, 0.25) is 5.91 Å². The second-order valence-electron chi connectivity index (χ2n) is 6.75. The Hall–Kier alpha value is -3.11. The molecule has 4 rings (SSSR count). The van der Waals surface area contributed by atoms with Crippen LogP contribution in [0.5, 0.6) is 5.75 Å². The molecule has 2 heterocycles. The Labute approximate surface area is 178 Å². The third-order valence-electron chi connectivity index (χ3n) is 4.73. The number of nitrogen functional groups attached to an aromatic ring is 1. The standard InChI is InChI=1S/C20H20N4O4S2/c1-28-17-8-7-15(24-9-3-6-19(24)25)11-18(17)30(26,27)23-20-22-16(12-29-20)13-4-2-5-14(21)10-13/h2,4-5,7-8,10-12H,3,6,9,21H2,1H3,(H,22,23). The van der Waals surface area contributed by atoms with Crippen molar-refractivity contribution in [3.8, 4) is 17.0 Å². The maximum Gasteiger partial charge on any atom is 0.267 e. The van der Waals surface area contributed by atoms with Crippen LogP contribution in [0.3, 0.4) is 0 Å². The highest BCUT2D eigenvalue weighted by Crippen LogP contribution is 2.33. The van der Waals surface area contributed by atoms with Gasteiger partial charge in [0.05, 0.1) is 12.8 Å². The smallest absolute Gasteiger partial charge is 0.267 e. The molecule has 10 heteroatoms. The van der Waals surface area contributed by atoms with Crippen molar-refractivity contribution >= 4 is 43.8 Å². The number of hydrogen-bond donors (Lipinski definition) is 2. The summed E-state index contributed by atoms with van der Waals surface area (Å²) in [5.41, 5.74) is 8.35. The first-order valence-corrected chi connectivity index (χ1v) is 11.6. The number of thiazole rings is 1. The van der Waals surface area contributed by atoms with E-state index in [1.54, 1.807) is 34.5 Å². The summed E-state index contributed by atoms with van der Waals surface area (Å²) >= 11 is 1.17. The van der Waals surface area contributed by atoms with Crippen LogP contribution in [-0.2, 0) is 14.8 Å². The van der Waals surface area contributed by atoms with E-state index in [0.29, 0.717) is 30.0 Å². The molecule has 1 aliphatic rings. The van der Waals surface area contributed by atoms with Crippen LogP contribution in [0.1, 0.15) is 12.8 Å². The number of hydrogen-bond acceptors (Lipinski definition) is 7. The van der Waals surface area contributed by atoms with E-state index < -0.39 is 10.0 Å². The topological polar surface area (TPSA) is 115 Å². The molecule has 0 bridgehead atoms. The molecule has 0 saturated carbocycles. The lowest BCUT2D eigenvalue weighted by atomic mass is 10.1. The summed E-state index contributed by atoms with van der Waals surface area (Å²) in [6.07, 6.45) is 1.20. The van der Waals surface area contributed by atoms with E-state index >= 15 is 0 Å². The van der Waals surface area contributed by atoms with Gasteiger partial charge in [-0.2, -0.15) is 0 Å². The van der Waals surface area contributed by atoms with Gasteiger partial charge in [-0.1, -0.05) is 12.1 Å². The summed E-state index contributed by atoms with van der Waals surface area (Å²) in [6, 6.07) is 11.9.